The molecule has 0 spiro atoms. The molecule has 0 bridgehead atoms. The number of benzene rings is 1. The third-order valence-electron chi connectivity index (χ3n) is 2.69. The summed E-state index contributed by atoms with van der Waals surface area (Å²) in [5.41, 5.74) is 6.85. The van der Waals surface area contributed by atoms with Gasteiger partial charge >= 0.3 is 6.03 Å². The number of carbonyl (C=O) groups is 2. The molecule has 0 saturated carbocycles. The average Bonchev–Trinajstić information content (AvgIpc) is 2.38. The molecule has 0 heterocycles. The van der Waals surface area contributed by atoms with Crippen molar-refractivity contribution in [3.63, 3.8) is 0 Å². The monoisotopic (exact) mass is 263 g/mol. The summed E-state index contributed by atoms with van der Waals surface area (Å²) in [7, 11) is 0. The van der Waals surface area contributed by atoms with Gasteiger partial charge in [0.1, 0.15) is 0 Å². The van der Waals surface area contributed by atoms with Crippen LogP contribution in [0.5, 0.6) is 0 Å². The molecule has 0 aromatic heterocycles. The summed E-state index contributed by atoms with van der Waals surface area (Å²) in [5, 5.41) is 5.53. The van der Waals surface area contributed by atoms with Crippen LogP contribution in [-0.4, -0.2) is 18.5 Å². The van der Waals surface area contributed by atoms with Crippen molar-refractivity contribution in [2.75, 3.05) is 11.9 Å². The van der Waals surface area contributed by atoms with E-state index in [0.717, 1.165) is 24.1 Å². The Morgan fingerprint density at radius 2 is 1.89 bits per heavy atom. The van der Waals surface area contributed by atoms with Gasteiger partial charge in [0.05, 0.1) is 0 Å². The predicted octanol–water partition coefficient (Wildman–Crippen LogP) is 2.03. The fraction of sp³-hybridized carbons (Fsp3) is 0.429. The van der Waals surface area contributed by atoms with E-state index < -0.39 is 0 Å². The molecule has 0 aliphatic rings. The topological polar surface area (TPSA) is 84.2 Å². The van der Waals surface area contributed by atoms with Crippen LogP contribution in [0.25, 0.3) is 0 Å². The van der Waals surface area contributed by atoms with Crippen molar-refractivity contribution in [2.24, 2.45) is 5.73 Å². The number of rotatable bonds is 7. The van der Waals surface area contributed by atoms with Crippen molar-refractivity contribution in [1.29, 1.82) is 0 Å². The van der Waals surface area contributed by atoms with Crippen LogP contribution in [0, 0.1) is 0 Å². The summed E-state index contributed by atoms with van der Waals surface area (Å²) in [5.74, 6) is -0.308. The highest BCUT2D eigenvalue weighted by Crippen LogP contribution is 2.10. The number of urea groups is 1. The molecular weight excluding hydrogens is 242 g/mol. The van der Waals surface area contributed by atoms with Gasteiger partial charge in [-0.3, -0.25) is 4.79 Å². The molecule has 0 unspecified atom stereocenters. The van der Waals surface area contributed by atoms with Gasteiger partial charge in [-0.1, -0.05) is 25.5 Å². The van der Waals surface area contributed by atoms with Crippen molar-refractivity contribution in [3.8, 4) is 0 Å². The van der Waals surface area contributed by atoms with Crippen LogP contribution >= 0.6 is 0 Å². The SMILES string of the molecule is CCCCNC(=O)Nc1ccc(CCC(N)=O)cc1. The van der Waals surface area contributed by atoms with Gasteiger partial charge in [-0.15, -0.1) is 0 Å². The van der Waals surface area contributed by atoms with Crippen molar-refractivity contribution in [2.45, 2.75) is 32.6 Å². The van der Waals surface area contributed by atoms with E-state index in [2.05, 4.69) is 17.6 Å². The number of unbranched alkanes of at least 4 members (excludes halogenated alkanes) is 1. The molecule has 104 valence electrons. The number of nitrogens with one attached hydrogen (secondary N) is 2. The molecule has 5 nitrogen and oxygen atoms in total. The maximum atomic E-state index is 11.5. The van der Waals surface area contributed by atoms with Crippen molar-refractivity contribution in [3.05, 3.63) is 29.8 Å². The van der Waals surface area contributed by atoms with E-state index in [0.29, 0.717) is 19.4 Å². The molecule has 0 aliphatic carbocycles. The lowest BCUT2D eigenvalue weighted by Gasteiger charge is -2.07. The standard InChI is InChI=1S/C14H21N3O2/c1-2-3-10-16-14(19)17-12-7-4-11(5-8-12)6-9-13(15)18/h4-5,7-8H,2-3,6,9-10H2,1H3,(H2,15,18)(H2,16,17,19). The second kappa shape index (κ2) is 8.13. The third-order valence-corrected chi connectivity index (χ3v) is 2.69. The largest absolute Gasteiger partial charge is 0.370 e. The highest BCUT2D eigenvalue weighted by molar-refractivity contribution is 5.89. The average molecular weight is 263 g/mol. The van der Waals surface area contributed by atoms with Crippen molar-refractivity contribution in [1.82, 2.24) is 5.32 Å². The zero-order valence-electron chi connectivity index (χ0n) is 11.2. The van der Waals surface area contributed by atoms with Gasteiger partial charge in [0.25, 0.3) is 0 Å². The molecule has 0 atom stereocenters. The number of carbonyl (C=O) groups excluding carboxylic acids is 2. The predicted molar refractivity (Wildman–Crippen MR) is 75.9 cm³/mol. The molecule has 0 saturated heterocycles. The molecule has 0 aliphatic heterocycles. The molecule has 19 heavy (non-hydrogen) atoms. The fourth-order valence-corrected chi connectivity index (χ4v) is 1.58. The number of primary amides is 1. The minimum absolute atomic E-state index is 0.196. The van der Waals surface area contributed by atoms with Crippen LogP contribution in [0.3, 0.4) is 0 Å². The summed E-state index contributed by atoms with van der Waals surface area (Å²) >= 11 is 0. The first kappa shape index (κ1) is 15.0. The molecule has 1 aromatic rings. The smallest absolute Gasteiger partial charge is 0.319 e. The number of nitrogens with two attached hydrogens (primary N) is 1. The Morgan fingerprint density at radius 3 is 2.47 bits per heavy atom. The molecule has 0 fully saturated rings. The lowest BCUT2D eigenvalue weighted by atomic mass is 10.1. The minimum atomic E-state index is -0.308. The molecule has 3 amide bonds. The van der Waals surface area contributed by atoms with Crippen LogP contribution in [0.2, 0.25) is 0 Å². The second-order valence-corrected chi connectivity index (χ2v) is 4.40. The van der Waals surface area contributed by atoms with Gasteiger partial charge in [-0.25, -0.2) is 4.79 Å². The van der Waals surface area contributed by atoms with Gasteiger partial charge in [0.2, 0.25) is 5.91 Å². The summed E-state index contributed by atoms with van der Waals surface area (Å²) in [6.45, 7) is 2.75. The molecule has 1 rings (SSSR count). The third kappa shape index (κ3) is 6.45. The quantitative estimate of drug-likeness (QED) is 0.657. The van der Waals surface area contributed by atoms with Crippen molar-refractivity contribution < 1.29 is 9.59 Å². The fourth-order valence-electron chi connectivity index (χ4n) is 1.58. The first-order chi connectivity index (χ1) is 9.11. The number of amides is 3. The maximum absolute atomic E-state index is 11.5. The van der Waals surface area contributed by atoms with E-state index in [1.807, 2.05) is 24.3 Å². The summed E-state index contributed by atoms with van der Waals surface area (Å²) in [4.78, 5) is 22.2. The Balaban J connectivity index is 2.39. The Labute approximate surface area is 113 Å². The molecule has 5 heteroatoms. The van der Waals surface area contributed by atoms with Crippen LogP contribution in [0.4, 0.5) is 10.5 Å². The van der Waals surface area contributed by atoms with E-state index in [1.165, 1.54) is 0 Å². The highest BCUT2D eigenvalue weighted by Gasteiger charge is 2.01. The van der Waals surface area contributed by atoms with E-state index in [9.17, 15) is 9.59 Å². The summed E-state index contributed by atoms with van der Waals surface area (Å²) in [6.07, 6.45) is 2.98. The Morgan fingerprint density at radius 1 is 1.21 bits per heavy atom. The number of hydrogen-bond acceptors (Lipinski definition) is 2. The van der Waals surface area contributed by atoms with Gasteiger partial charge < -0.3 is 16.4 Å². The van der Waals surface area contributed by atoms with Crippen LogP contribution in [0.1, 0.15) is 31.7 Å². The molecule has 0 radical (unpaired) electrons. The minimum Gasteiger partial charge on any atom is -0.370 e. The van der Waals surface area contributed by atoms with Gasteiger partial charge in [0.15, 0.2) is 0 Å². The van der Waals surface area contributed by atoms with Crippen molar-refractivity contribution >= 4 is 17.6 Å². The number of hydrogen-bond donors (Lipinski definition) is 3. The van der Waals surface area contributed by atoms with E-state index in [-0.39, 0.29) is 11.9 Å². The summed E-state index contributed by atoms with van der Waals surface area (Å²) in [6, 6.07) is 7.19. The van der Waals surface area contributed by atoms with Crippen LogP contribution in [0.15, 0.2) is 24.3 Å². The normalized spacial score (nSPS) is 9.95. The molecule has 1 aromatic carbocycles. The van der Waals surface area contributed by atoms with Gasteiger partial charge in [-0.05, 0) is 30.5 Å². The maximum Gasteiger partial charge on any atom is 0.319 e. The van der Waals surface area contributed by atoms with Crippen LogP contribution in [-0.2, 0) is 11.2 Å². The summed E-state index contributed by atoms with van der Waals surface area (Å²) < 4.78 is 0. The number of aryl methyl sites for hydroxylation is 1. The highest BCUT2D eigenvalue weighted by atomic mass is 16.2. The van der Waals surface area contributed by atoms with Crippen LogP contribution < -0.4 is 16.4 Å². The first-order valence-electron chi connectivity index (χ1n) is 6.54. The molecule has 4 N–H and O–H groups in total. The Hall–Kier alpha value is -2.04. The zero-order valence-corrected chi connectivity index (χ0v) is 11.2. The second-order valence-electron chi connectivity index (χ2n) is 4.40. The first-order valence-corrected chi connectivity index (χ1v) is 6.54. The van der Waals surface area contributed by atoms with E-state index in [1.54, 1.807) is 0 Å². The zero-order chi connectivity index (χ0) is 14.1. The lowest BCUT2D eigenvalue weighted by Crippen LogP contribution is -2.29. The Bertz CT molecular complexity index is 415. The number of anilines is 1. The van der Waals surface area contributed by atoms with E-state index >= 15 is 0 Å². The Kier molecular flexibility index (Phi) is 6.43. The van der Waals surface area contributed by atoms with Gasteiger partial charge in [-0.2, -0.15) is 0 Å². The lowest BCUT2D eigenvalue weighted by molar-refractivity contribution is -0.117. The van der Waals surface area contributed by atoms with E-state index in [4.69, 9.17) is 5.73 Å². The van der Waals surface area contributed by atoms with Gasteiger partial charge in [0, 0.05) is 18.7 Å². The molecular formula is C14H21N3O2.